The average molecular weight is 353 g/mol. The molecule has 2 unspecified atom stereocenters. The Hall–Kier alpha value is -0.520. The van der Waals surface area contributed by atoms with Crippen LogP contribution < -0.4 is 11.1 Å². The number of benzene rings is 1. The summed E-state index contributed by atoms with van der Waals surface area (Å²) in [4.78, 5) is 14.2. The molecule has 1 aliphatic rings. The van der Waals surface area contributed by atoms with Crippen LogP contribution in [0.15, 0.2) is 18.2 Å². The van der Waals surface area contributed by atoms with E-state index in [1.54, 1.807) is 18.2 Å². The van der Waals surface area contributed by atoms with Gasteiger partial charge in [0.2, 0.25) is 5.91 Å². The number of hydrogen-bond acceptors (Lipinski definition) is 3. The molecule has 3 N–H and O–H groups in total. The molecule has 0 aliphatic carbocycles. The smallest absolute Gasteiger partial charge is 0.238 e. The van der Waals surface area contributed by atoms with Gasteiger partial charge in [0.15, 0.2) is 0 Å². The Kier molecular flexibility index (Phi) is 7.24. The average Bonchev–Trinajstić information content (AvgIpc) is 2.82. The lowest BCUT2D eigenvalue weighted by Crippen LogP contribution is -2.34. The van der Waals surface area contributed by atoms with E-state index in [1.807, 2.05) is 6.92 Å². The van der Waals surface area contributed by atoms with Crippen LogP contribution in [0.3, 0.4) is 0 Å². The molecular formula is C14H20Cl3N3O. The summed E-state index contributed by atoms with van der Waals surface area (Å²) < 4.78 is 0. The van der Waals surface area contributed by atoms with Gasteiger partial charge < -0.3 is 11.1 Å². The van der Waals surface area contributed by atoms with Crippen molar-refractivity contribution in [2.24, 2.45) is 11.7 Å². The molecule has 2 rings (SSSR count). The van der Waals surface area contributed by atoms with Crippen LogP contribution in [0, 0.1) is 5.92 Å². The molecule has 4 nitrogen and oxygen atoms in total. The Morgan fingerprint density at radius 2 is 2.10 bits per heavy atom. The van der Waals surface area contributed by atoms with E-state index in [-0.39, 0.29) is 24.4 Å². The Balaban J connectivity index is 0.00000220. The maximum Gasteiger partial charge on any atom is 0.238 e. The van der Waals surface area contributed by atoms with Crippen molar-refractivity contribution in [3.63, 3.8) is 0 Å². The molecule has 0 saturated carbocycles. The highest BCUT2D eigenvalue weighted by atomic mass is 35.5. The molecule has 2 atom stereocenters. The van der Waals surface area contributed by atoms with E-state index in [2.05, 4.69) is 10.2 Å². The second-order valence-electron chi connectivity index (χ2n) is 5.29. The minimum atomic E-state index is -0.106. The van der Waals surface area contributed by atoms with Gasteiger partial charge >= 0.3 is 0 Å². The number of nitrogens with two attached hydrogens (primary N) is 1. The number of para-hydroxylation sites is 1. The maximum atomic E-state index is 12.0. The lowest BCUT2D eigenvalue weighted by atomic mass is 10.0. The second-order valence-corrected chi connectivity index (χ2v) is 6.10. The number of likely N-dealkylation sites (tertiary alicyclic amines) is 1. The van der Waals surface area contributed by atoms with Crippen LogP contribution in [0.25, 0.3) is 0 Å². The van der Waals surface area contributed by atoms with Crippen molar-refractivity contribution in [3.05, 3.63) is 28.2 Å². The summed E-state index contributed by atoms with van der Waals surface area (Å²) >= 11 is 12.1. The third kappa shape index (κ3) is 5.01. The molecule has 21 heavy (non-hydrogen) atoms. The molecule has 0 bridgehead atoms. The van der Waals surface area contributed by atoms with Gasteiger partial charge in [-0.1, -0.05) is 29.3 Å². The predicted octanol–water partition coefficient (Wildman–Crippen LogP) is 3.02. The highest BCUT2D eigenvalue weighted by Gasteiger charge is 2.26. The number of nitrogens with zero attached hydrogens (tertiary/aromatic N) is 1. The first kappa shape index (κ1) is 18.5. The minimum absolute atomic E-state index is 0. The van der Waals surface area contributed by atoms with Crippen LogP contribution in [0.5, 0.6) is 0 Å². The largest absolute Gasteiger partial charge is 0.328 e. The fourth-order valence-corrected chi connectivity index (χ4v) is 2.93. The van der Waals surface area contributed by atoms with Crippen molar-refractivity contribution in [1.29, 1.82) is 0 Å². The molecule has 1 saturated heterocycles. The van der Waals surface area contributed by atoms with Crippen LogP contribution in [-0.4, -0.2) is 36.5 Å². The summed E-state index contributed by atoms with van der Waals surface area (Å²) in [6, 6.07) is 5.31. The Labute approximate surface area is 141 Å². The number of hydrogen-bond donors (Lipinski definition) is 2. The fraction of sp³-hybridized carbons (Fsp3) is 0.500. The number of amides is 1. The zero-order chi connectivity index (χ0) is 14.7. The van der Waals surface area contributed by atoms with Crippen molar-refractivity contribution in [2.45, 2.75) is 19.4 Å². The van der Waals surface area contributed by atoms with E-state index in [1.165, 1.54) is 0 Å². The molecule has 0 spiro atoms. The lowest BCUT2D eigenvalue weighted by molar-refractivity contribution is -0.117. The standard InChI is InChI=1S/C14H19Cl2N3O.ClH/c1-9(17)10-5-6-19(7-10)8-13(20)18-14-11(15)3-2-4-12(14)16;/h2-4,9-10H,5-8,17H2,1H3,(H,18,20);1H. The van der Waals surface area contributed by atoms with E-state index in [0.29, 0.717) is 28.2 Å². The highest BCUT2D eigenvalue weighted by Crippen LogP contribution is 2.29. The molecule has 1 aromatic carbocycles. The lowest BCUT2D eigenvalue weighted by Gasteiger charge is -2.18. The minimum Gasteiger partial charge on any atom is -0.328 e. The highest BCUT2D eigenvalue weighted by molar-refractivity contribution is 6.39. The first-order valence-electron chi connectivity index (χ1n) is 6.69. The molecule has 0 aromatic heterocycles. The zero-order valence-corrected chi connectivity index (χ0v) is 14.1. The molecule has 0 radical (unpaired) electrons. The molecular weight excluding hydrogens is 333 g/mol. The van der Waals surface area contributed by atoms with E-state index in [9.17, 15) is 4.79 Å². The number of anilines is 1. The summed E-state index contributed by atoms with van der Waals surface area (Å²) in [5, 5.41) is 3.66. The zero-order valence-electron chi connectivity index (χ0n) is 11.8. The van der Waals surface area contributed by atoms with E-state index in [0.717, 1.165) is 19.5 Å². The summed E-state index contributed by atoms with van der Waals surface area (Å²) in [5.41, 5.74) is 6.37. The van der Waals surface area contributed by atoms with Crippen molar-refractivity contribution in [2.75, 3.05) is 25.0 Å². The van der Waals surface area contributed by atoms with Gasteiger partial charge in [-0.15, -0.1) is 12.4 Å². The first-order valence-corrected chi connectivity index (χ1v) is 7.44. The first-order chi connectivity index (χ1) is 9.47. The van der Waals surface area contributed by atoms with Crippen molar-refractivity contribution < 1.29 is 4.79 Å². The van der Waals surface area contributed by atoms with Gasteiger partial charge in [0.05, 0.1) is 22.3 Å². The third-order valence-corrected chi connectivity index (χ3v) is 4.28. The summed E-state index contributed by atoms with van der Waals surface area (Å²) in [7, 11) is 0. The number of halogens is 3. The Bertz CT molecular complexity index is 476. The van der Waals surface area contributed by atoms with Gasteiger partial charge in [0.1, 0.15) is 0 Å². The molecule has 1 fully saturated rings. The third-order valence-electron chi connectivity index (χ3n) is 3.65. The number of nitrogens with one attached hydrogen (secondary N) is 1. The number of rotatable bonds is 4. The quantitative estimate of drug-likeness (QED) is 0.875. The molecule has 1 amide bonds. The SMILES string of the molecule is CC(N)C1CCN(CC(=O)Nc2c(Cl)cccc2Cl)C1.Cl. The van der Waals surface area contributed by atoms with Crippen LogP contribution >= 0.6 is 35.6 Å². The van der Waals surface area contributed by atoms with Gasteiger partial charge in [-0.25, -0.2) is 0 Å². The van der Waals surface area contributed by atoms with E-state index in [4.69, 9.17) is 28.9 Å². The Morgan fingerprint density at radius 1 is 1.48 bits per heavy atom. The fourth-order valence-electron chi connectivity index (χ4n) is 2.43. The van der Waals surface area contributed by atoms with Crippen LogP contribution in [0.4, 0.5) is 5.69 Å². The summed E-state index contributed by atoms with van der Waals surface area (Å²) in [5.74, 6) is 0.358. The molecule has 1 heterocycles. The maximum absolute atomic E-state index is 12.0. The van der Waals surface area contributed by atoms with Crippen LogP contribution in [0.1, 0.15) is 13.3 Å². The Morgan fingerprint density at radius 3 is 2.62 bits per heavy atom. The van der Waals surface area contributed by atoms with E-state index < -0.39 is 0 Å². The molecule has 1 aliphatic heterocycles. The van der Waals surface area contributed by atoms with Gasteiger partial charge in [0.25, 0.3) is 0 Å². The number of carbonyl (C=O) groups is 1. The van der Waals surface area contributed by atoms with Crippen molar-refractivity contribution in [1.82, 2.24) is 4.90 Å². The predicted molar refractivity (Wildman–Crippen MR) is 90.5 cm³/mol. The van der Waals surface area contributed by atoms with Crippen LogP contribution in [-0.2, 0) is 4.79 Å². The van der Waals surface area contributed by atoms with Crippen molar-refractivity contribution >= 4 is 47.2 Å². The summed E-state index contributed by atoms with van der Waals surface area (Å²) in [6.45, 7) is 4.11. The number of carbonyl (C=O) groups excluding carboxylic acids is 1. The molecule has 118 valence electrons. The molecule has 7 heteroatoms. The normalized spacial score (nSPS) is 19.9. The van der Waals surface area contributed by atoms with Gasteiger partial charge in [0, 0.05) is 12.6 Å². The van der Waals surface area contributed by atoms with Crippen LogP contribution in [0.2, 0.25) is 10.0 Å². The monoisotopic (exact) mass is 351 g/mol. The van der Waals surface area contributed by atoms with Gasteiger partial charge in [-0.2, -0.15) is 0 Å². The molecule has 1 aromatic rings. The van der Waals surface area contributed by atoms with E-state index >= 15 is 0 Å². The van der Waals surface area contributed by atoms with Gasteiger partial charge in [-0.05, 0) is 37.9 Å². The second kappa shape index (κ2) is 8.20. The summed E-state index contributed by atoms with van der Waals surface area (Å²) in [6.07, 6.45) is 1.04. The topological polar surface area (TPSA) is 58.4 Å². The van der Waals surface area contributed by atoms with Gasteiger partial charge in [-0.3, -0.25) is 9.69 Å². The van der Waals surface area contributed by atoms with Crippen molar-refractivity contribution in [3.8, 4) is 0 Å².